The zero-order chi connectivity index (χ0) is 17.7. The average Bonchev–Trinajstić information content (AvgIpc) is 2.63. The summed E-state index contributed by atoms with van der Waals surface area (Å²) in [5.74, 6) is 0.681. The molecule has 0 spiro atoms. The van der Waals surface area contributed by atoms with Gasteiger partial charge >= 0.3 is 0 Å². The molecule has 2 heterocycles. The van der Waals surface area contributed by atoms with Crippen LogP contribution in [-0.2, 0) is 9.84 Å². The number of aromatic nitrogens is 1. The number of hydrogen-bond donors (Lipinski definition) is 1. The molecule has 1 aromatic heterocycles. The predicted octanol–water partition coefficient (Wildman–Crippen LogP) is 1.51. The van der Waals surface area contributed by atoms with Crippen molar-refractivity contribution in [2.75, 3.05) is 39.0 Å². The lowest BCUT2D eigenvalue weighted by atomic mass is 10.1. The molecule has 1 N–H and O–H groups in total. The highest BCUT2D eigenvalue weighted by Gasteiger charge is 2.23. The summed E-state index contributed by atoms with van der Waals surface area (Å²) in [5.41, 5.74) is 1.20. The van der Waals surface area contributed by atoms with Crippen LogP contribution in [0.15, 0.2) is 53.7 Å². The van der Waals surface area contributed by atoms with Gasteiger partial charge in [-0.3, -0.25) is 9.88 Å². The van der Waals surface area contributed by atoms with Crippen LogP contribution < -0.4 is 10.1 Å². The molecule has 7 heteroatoms. The second kappa shape index (κ2) is 7.95. The van der Waals surface area contributed by atoms with E-state index < -0.39 is 9.84 Å². The SMILES string of the molecule is CS(=O)(=O)c1ccc(OCCN2CCNCC2c2cccnc2)cc1. The molecule has 1 fully saturated rings. The van der Waals surface area contributed by atoms with Gasteiger partial charge in [0, 0.05) is 50.9 Å². The molecule has 0 aliphatic carbocycles. The summed E-state index contributed by atoms with van der Waals surface area (Å²) in [6.07, 6.45) is 4.90. The smallest absolute Gasteiger partial charge is 0.175 e. The van der Waals surface area contributed by atoms with Crippen molar-refractivity contribution in [1.82, 2.24) is 15.2 Å². The van der Waals surface area contributed by atoms with Crippen molar-refractivity contribution in [3.8, 4) is 5.75 Å². The van der Waals surface area contributed by atoms with Crippen LogP contribution in [0.5, 0.6) is 5.75 Å². The molecule has 2 aromatic rings. The molecule has 1 aliphatic rings. The number of hydrogen-bond acceptors (Lipinski definition) is 6. The predicted molar refractivity (Wildman–Crippen MR) is 96.5 cm³/mol. The zero-order valence-electron chi connectivity index (χ0n) is 14.3. The molecule has 1 unspecified atom stereocenters. The third-order valence-electron chi connectivity index (χ3n) is 4.32. The Hall–Kier alpha value is -1.96. The van der Waals surface area contributed by atoms with Gasteiger partial charge in [-0.1, -0.05) is 6.07 Å². The van der Waals surface area contributed by atoms with Gasteiger partial charge < -0.3 is 10.1 Å². The molecule has 0 bridgehead atoms. The van der Waals surface area contributed by atoms with Crippen LogP contribution in [-0.4, -0.2) is 57.3 Å². The first-order valence-electron chi connectivity index (χ1n) is 8.31. The summed E-state index contributed by atoms with van der Waals surface area (Å²) in [6, 6.07) is 10.9. The number of benzene rings is 1. The fourth-order valence-corrected chi connectivity index (χ4v) is 3.61. The van der Waals surface area contributed by atoms with Crippen molar-refractivity contribution in [2.24, 2.45) is 0 Å². The molecule has 1 saturated heterocycles. The standard InChI is InChI=1S/C18H23N3O3S/c1-25(22,23)17-6-4-16(5-7-17)24-12-11-21-10-9-20-14-18(21)15-3-2-8-19-13-15/h2-8,13,18,20H,9-12,14H2,1H3. The Morgan fingerprint density at radius 3 is 2.76 bits per heavy atom. The minimum Gasteiger partial charge on any atom is -0.492 e. The van der Waals surface area contributed by atoms with Gasteiger partial charge in [-0.2, -0.15) is 0 Å². The molecule has 0 amide bonds. The molecule has 3 rings (SSSR count). The van der Waals surface area contributed by atoms with Gasteiger partial charge in [0.05, 0.1) is 4.90 Å². The van der Waals surface area contributed by atoms with Gasteiger partial charge in [-0.25, -0.2) is 8.42 Å². The summed E-state index contributed by atoms with van der Waals surface area (Å²) >= 11 is 0. The number of sulfone groups is 1. The lowest BCUT2D eigenvalue weighted by Crippen LogP contribution is -2.47. The van der Waals surface area contributed by atoms with Crippen LogP contribution >= 0.6 is 0 Å². The molecule has 1 aliphatic heterocycles. The maximum Gasteiger partial charge on any atom is 0.175 e. The first-order chi connectivity index (χ1) is 12.0. The van der Waals surface area contributed by atoms with E-state index in [1.54, 1.807) is 30.5 Å². The molecular weight excluding hydrogens is 338 g/mol. The summed E-state index contributed by atoms with van der Waals surface area (Å²) < 4.78 is 28.7. The van der Waals surface area contributed by atoms with E-state index >= 15 is 0 Å². The van der Waals surface area contributed by atoms with E-state index in [9.17, 15) is 8.42 Å². The molecule has 0 saturated carbocycles. The Kier molecular flexibility index (Phi) is 5.67. The molecule has 25 heavy (non-hydrogen) atoms. The quantitative estimate of drug-likeness (QED) is 0.841. The monoisotopic (exact) mass is 361 g/mol. The highest BCUT2D eigenvalue weighted by atomic mass is 32.2. The number of nitrogens with one attached hydrogen (secondary N) is 1. The van der Waals surface area contributed by atoms with Gasteiger partial charge in [0.1, 0.15) is 12.4 Å². The Morgan fingerprint density at radius 2 is 2.08 bits per heavy atom. The van der Waals surface area contributed by atoms with Crippen LogP contribution in [0.2, 0.25) is 0 Å². The normalized spacial score (nSPS) is 18.8. The topological polar surface area (TPSA) is 71.5 Å². The van der Waals surface area contributed by atoms with Crippen molar-refractivity contribution >= 4 is 9.84 Å². The van der Waals surface area contributed by atoms with Gasteiger partial charge in [0.2, 0.25) is 0 Å². The van der Waals surface area contributed by atoms with E-state index in [0.29, 0.717) is 23.3 Å². The third-order valence-corrected chi connectivity index (χ3v) is 5.45. The van der Waals surface area contributed by atoms with E-state index in [-0.39, 0.29) is 0 Å². The number of piperazine rings is 1. The maximum absolute atomic E-state index is 11.5. The van der Waals surface area contributed by atoms with E-state index in [1.165, 1.54) is 11.8 Å². The van der Waals surface area contributed by atoms with E-state index in [2.05, 4.69) is 21.3 Å². The number of pyridine rings is 1. The second-order valence-electron chi connectivity index (χ2n) is 6.13. The molecule has 6 nitrogen and oxygen atoms in total. The van der Waals surface area contributed by atoms with Crippen LogP contribution in [0, 0.1) is 0 Å². The molecule has 134 valence electrons. The van der Waals surface area contributed by atoms with Gasteiger partial charge in [0.15, 0.2) is 9.84 Å². The lowest BCUT2D eigenvalue weighted by molar-refractivity contribution is 0.134. The third kappa shape index (κ3) is 4.78. The fraction of sp³-hybridized carbons (Fsp3) is 0.389. The number of ether oxygens (including phenoxy) is 1. The van der Waals surface area contributed by atoms with Crippen molar-refractivity contribution in [2.45, 2.75) is 10.9 Å². The Labute approximate surface area is 148 Å². The second-order valence-corrected chi connectivity index (χ2v) is 8.15. The van der Waals surface area contributed by atoms with Crippen LogP contribution in [0.25, 0.3) is 0 Å². The maximum atomic E-state index is 11.5. The highest BCUT2D eigenvalue weighted by Crippen LogP contribution is 2.21. The number of nitrogens with zero attached hydrogens (tertiary/aromatic N) is 2. The lowest BCUT2D eigenvalue weighted by Gasteiger charge is -2.36. The Balaban J connectivity index is 1.57. The van der Waals surface area contributed by atoms with Gasteiger partial charge in [0.25, 0.3) is 0 Å². The minimum atomic E-state index is -3.17. The zero-order valence-corrected chi connectivity index (χ0v) is 15.1. The van der Waals surface area contributed by atoms with E-state index in [1.807, 2.05) is 12.3 Å². The summed E-state index contributed by atoms with van der Waals surface area (Å²) in [7, 11) is -3.17. The molecular formula is C18H23N3O3S. The van der Waals surface area contributed by atoms with Crippen molar-refractivity contribution in [3.63, 3.8) is 0 Å². The largest absolute Gasteiger partial charge is 0.492 e. The van der Waals surface area contributed by atoms with E-state index in [4.69, 9.17) is 4.74 Å². The first kappa shape index (κ1) is 17.8. The number of rotatable bonds is 6. The summed E-state index contributed by atoms with van der Waals surface area (Å²) in [5, 5.41) is 3.42. The van der Waals surface area contributed by atoms with Crippen LogP contribution in [0.3, 0.4) is 0 Å². The minimum absolute atomic E-state index is 0.290. The van der Waals surface area contributed by atoms with Crippen molar-refractivity contribution < 1.29 is 13.2 Å². The summed E-state index contributed by atoms with van der Waals surface area (Å²) in [6.45, 7) is 4.16. The molecule has 1 atom stereocenters. The van der Waals surface area contributed by atoms with Crippen LogP contribution in [0.4, 0.5) is 0 Å². The molecule has 1 aromatic carbocycles. The average molecular weight is 361 g/mol. The van der Waals surface area contributed by atoms with Gasteiger partial charge in [-0.05, 0) is 35.9 Å². The van der Waals surface area contributed by atoms with Crippen molar-refractivity contribution in [1.29, 1.82) is 0 Å². The van der Waals surface area contributed by atoms with Crippen LogP contribution in [0.1, 0.15) is 11.6 Å². The first-order valence-corrected chi connectivity index (χ1v) is 10.2. The molecule has 0 radical (unpaired) electrons. The van der Waals surface area contributed by atoms with E-state index in [0.717, 1.165) is 26.2 Å². The summed E-state index contributed by atoms with van der Waals surface area (Å²) in [4.78, 5) is 6.91. The van der Waals surface area contributed by atoms with Gasteiger partial charge in [-0.15, -0.1) is 0 Å². The van der Waals surface area contributed by atoms with Crippen molar-refractivity contribution in [3.05, 3.63) is 54.4 Å². The Morgan fingerprint density at radius 1 is 1.28 bits per heavy atom. The fourth-order valence-electron chi connectivity index (χ4n) is 2.98. The highest BCUT2D eigenvalue weighted by molar-refractivity contribution is 7.90. The Bertz CT molecular complexity index is 779.